The second-order valence-electron chi connectivity index (χ2n) is 9.88. The molecule has 1 aromatic rings. The quantitative estimate of drug-likeness (QED) is 0.619. The van der Waals surface area contributed by atoms with Crippen molar-refractivity contribution in [2.75, 3.05) is 72.6 Å². The van der Waals surface area contributed by atoms with E-state index in [9.17, 15) is 4.79 Å². The largest absolute Gasteiger partial charge is 0.496 e. The van der Waals surface area contributed by atoms with Gasteiger partial charge in [-0.2, -0.15) is 0 Å². The number of carbonyl (C=O) groups excluding carboxylic acids is 1. The minimum absolute atomic E-state index is 0.303. The fourth-order valence-corrected chi connectivity index (χ4v) is 5.53. The molecule has 4 rings (SSSR count). The molecule has 0 spiro atoms. The number of amides is 1. The summed E-state index contributed by atoms with van der Waals surface area (Å²) in [5, 5.41) is 0. The van der Waals surface area contributed by atoms with E-state index >= 15 is 0 Å². The number of methoxy groups -OCH3 is 1. The van der Waals surface area contributed by atoms with Crippen molar-refractivity contribution < 1.29 is 9.53 Å². The number of hydrogen-bond donors (Lipinski definition) is 0. The Kier molecular flexibility index (Phi) is 8.83. The van der Waals surface area contributed by atoms with Crippen LogP contribution in [0.1, 0.15) is 44.1 Å². The van der Waals surface area contributed by atoms with Crippen LogP contribution >= 0.6 is 0 Å². The fraction of sp³-hybridized carbons (Fsp3) is 0.731. The van der Waals surface area contributed by atoms with Crippen LogP contribution in [0.3, 0.4) is 0 Å². The predicted molar refractivity (Wildman–Crippen MR) is 129 cm³/mol. The Bertz CT molecular complexity index is 706. The third-order valence-corrected chi connectivity index (χ3v) is 7.71. The number of hydrogen-bond acceptors (Lipinski definition) is 5. The Morgan fingerprint density at radius 2 is 1.53 bits per heavy atom. The van der Waals surface area contributed by atoms with Gasteiger partial charge in [0.25, 0.3) is 0 Å². The molecule has 1 amide bonds. The summed E-state index contributed by atoms with van der Waals surface area (Å²) >= 11 is 0. The molecule has 1 aromatic carbocycles. The van der Waals surface area contributed by atoms with Gasteiger partial charge in [-0.1, -0.05) is 50.3 Å². The number of piperazine rings is 2. The molecule has 32 heavy (non-hydrogen) atoms. The van der Waals surface area contributed by atoms with Gasteiger partial charge in [0.2, 0.25) is 5.91 Å². The van der Waals surface area contributed by atoms with Gasteiger partial charge in [-0.25, -0.2) is 0 Å². The van der Waals surface area contributed by atoms with E-state index in [-0.39, 0.29) is 0 Å². The monoisotopic (exact) mass is 442 g/mol. The molecule has 2 aliphatic heterocycles. The minimum Gasteiger partial charge on any atom is -0.496 e. The molecule has 0 bridgehead atoms. The number of benzene rings is 1. The molecular weight excluding hydrogens is 400 g/mol. The summed E-state index contributed by atoms with van der Waals surface area (Å²) in [6.45, 7) is 10.5. The summed E-state index contributed by atoms with van der Waals surface area (Å²) in [6, 6.07) is 8.22. The summed E-state index contributed by atoms with van der Waals surface area (Å²) in [7, 11) is 1.73. The van der Waals surface area contributed by atoms with Crippen LogP contribution < -0.4 is 4.74 Å². The summed E-state index contributed by atoms with van der Waals surface area (Å²) in [4.78, 5) is 22.3. The van der Waals surface area contributed by atoms with E-state index in [1.807, 2.05) is 12.1 Å². The highest BCUT2D eigenvalue weighted by Gasteiger charge is 2.25. The predicted octanol–water partition coefficient (Wildman–Crippen LogP) is 2.93. The Balaban J connectivity index is 1.13. The number of para-hydroxylation sites is 1. The first-order chi connectivity index (χ1) is 15.7. The van der Waals surface area contributed by atoms with Crippen molar-refractivity contribution in [1.29, 1.82) is 0 Å². The van der Waals surface area contributed by atoms with Crippen molar-refractivity contribution in [1.82, 2.24) is 19.6 Å². The third kappa shape index (κ3) is 6.69. The number of rotatable bonds is 8. The van der Waals surface area contributed by atoms with E-state index in [1.54, 1.807) is 7.11 Å². The average molecular weight is 443 g/mol. The molecule has 1 saturated carbocycles. The SMILES string of the molecule is COc1ccccc1CN1CCN(C(=O)CN2CCN(CCC3CCCCC3)CC2)CC1. The lowest BCUT2D eigenvalue weighted by atomic mass is 9.87. The maximum Gasteiger partial charge on any atom is 0.236 e. The van der Waals surface area contributed by atoms with Crippen molar-refractivity contribution in [3.05, 3.63) is 29.8 Å². The molecule has 0 radical (unpaired) electrons. The first-order valence-electron chi connectivity index (χ1n) is 12.8. The standard InChI is InChI=1S/C26H42N4O2/c1-32-25-10-6-5-9-24(25)21-28-17-19-30(20-18-28)26(31)22-29-15-13-27(14-16-29)12-11-23-7-3-2-4-8-23/h5-6,9-10,23H,2-4,7-8,11-22H2,1H3. The molecular formula is C26H42N4O2. The number of nitrogens with zero attached hydrogens (tertiary/aromatic N) is 4. The first kappa shape index (κ1) is 23.5. The van der Waals surface area contributed by atoms with Gasteiger partial charge in [0, 0.05) is 64.5 Å². The van der Waals surface area contributed by atoms with Crippen LogP contribution in [0.2, 0.25) is 0 Å². The van der Waals surface area contributed by atoms with Crippen LogP contribution in [0.25, 0.3) is 0 Å². The molecule has 0 unspecified atom stereocenters. The van der Waals surface area contributed by atoms with Crippen LogP contribution in [-0.4, -0.2) is 98.1 Å². The van der Waals surface area contributed by atoms with Gasteiger partial charge >= 0.3 is 0 Å². The molecule has 0 N–H and O–H groups in total. The van der Waals surface area contributed by atoms with E-state index in [1.165, 1.54) is 50.6 Å². The molecule has 2 heterocycles. The summed E-state index contributed by atoms with van der Waals surface area (Å²) in [5.74, 6) is 2.21. The second kappa shape index (κ2) is 12.0. The lowest BCUT2D eigenvalue weighted by Crippen LogP contribution is -2.53. The topological polar surface area (TPSA) is 39.3 Å². The van der Waals surface area contributed by atoms with Gasteiger partial charge < -0.3 is 14.5 Å². The zero-order chi connectivity index (χ0) is 22.2. The van der Waals surface area contributed by atoms with Crippen LogP contribution in [-0.2, 0) is 11.3 Å². The van der Waals surface area contributed by atoms with Gasteiger partial charge in [-0.15, -0.1) is 0 Å². The lowest BCUT2D eigenvalue weighted by molar-refractivity contribution is -0.134. The summed E-state index contributed by atoms with van der Waals surface area (Å²) < 4.78 is 5.48. The Morgan fingerprint density at radius 1 is 0.875 bits per heavy atom. The van der Waals surface area contributed by atoms with Gasteiger partial charge in [-0.05, 0) is 24.9 Å². The Hall–Kier alpha value is -1.63. The zero-order valence-corrected chi connectivity index (χ0v) is 20.0. The minimum atomic E-state index is 0.303. The highest BCUT2D eigenvalue weighted by atomic mass is 16.5. The van der Waals surface area contributed by atoms with Gasteiger partial charge in [0.15, 0.2) is 0 Å². The van der Waals surface area contributed by atoms with Crippen molar-refractivity contribution in [3.63, 3.8) is 0 Å². The van der Waals surface area contributed by atoms with E-state index in [0.717, 1.165) is 70.6 Å². The van der Waals surface area contributed by atoms with Gasteiger partial charge in [-0.3, -0.25) is 14.6 Å². The molecule has 0 aromatic heterocycles. The second-order valence-corrected chi connectivity index (χ2v) is 9.88. The van der Waals surface area contributed by atoms with Crippen LogP contribution in [0.15, 0.2) is 24.3 Å². The molecule has 2 saturated heterocycles. The number of ether oxygens (including phenoxy) is 1. The number of carbonyl (C=O) groups is 1. The van der Waals surface area contributed by atoms with Crippen molar-refractivity contribution in [2.45, 2.75) is 45.1 Å². The van der Waals surface area contributed by atoms with E-state index in [4.69, 9.17) is 4.74 Å². The molecule has 0 atom stereocenters. The zero-order valence-electron chi connectivity index (χ0n) is 20.0. The van der Waals surface area contributed by atoms with Gasteiger partial charge in [0.1, 0.15) is 5.75 Å². The molecule has 3 fully saturated rings. The highest BCUT2D eigenvalue weighted by molar-refractivity contribution is 5.78. The molecule has 3 aliphatic rings. The smallest absolute Gasteiger partial charge is 0.236 e. The lowest BCUT2D eigenvalue weighted by Gasteiger charge is -2.38. The average Bonchev–Trinajstić information content (AvgIpc) is 2.85. The Labute approximate surface area is 194 Å². The van der Waals surface area contributed by atoms with Crippen LogP contribution in [0.4, 0.5) is 0 Å². The normalized spacial score (nSPS) is 22.2. The fourth-order valence-electron chi connectivity index (χ4n) is 5.53. The summed E-state index contributed by atoms with van der Waals surface area (Å²) in [6.07, 6.45) is 8.59. The van der Waals surface area contributed by atoms with Gasteiger partial charge in [0.05, 0.1) is 13.7 Å². The van der Waals surface area contributed by atoms with E-state index < -0.39 is 0 Å². The molecule has 6 heteroatoms. The van der Waals surface area contributed by atoms with Crippen molar-refractivity contribution >= 4 is 5.91 Å². The van der Waals surface area contributed by atoms with E-state index in [0.29, 0.717) is 12.5 Å². The van der Waals surface area contributed by atoms with E-state index in [2.05, 4.69) is 31.7 Å². The molecule has 1 aliphatic carbocycles. The van der Waals surface area contributed by atoms with Crippen molar-refractivity contribution in [2.24, 2.45) is 5.92 Å². The van der Waals surface area contributed by atoms with Crippen molar-refractivity contribution in [3.8, 4) is 5.75 Å². The Morgan fingerprint density at radius 3 is 2.25 bits per heavy atom. The highest BCUT2D eigenvalue weighted by Crippen LogP contribution is 2.26. The molecule has 6 nitrogen and oxygen atoms in total. The first-order valence-corrected chi connectivity index (χ1v) is 12.8. The third-order valence-electron chi connectivity index (χ3n) is 7.71. The summed E-state index contributed by atoms with van der Waals surface area (Å²) in [5.41, 5.74) is 1.22. The van der Waals surface area contributed by atoms with Crippen LogP contribution in [0, 0.1) is 5.92 Å². The van der Waals surface area contributed by atoms with Crippen LogP contribution in [0.5, 0.6) is 5.75 Å². The molecule has 178 valence electrons. The maximum atomic E-state index is 12.9. The maximum absolute atomic E-state index is 12.9.